The number of nitrogens with one attached hydrogen (secondary N) is 2. The average molecular weight is 367 g/mol. The molecule has 2 amide bonds. The number of rotatable bonds is 4. The Hall–Kier alpha value is -2.37. The van der Waals surface area contributed by atoms with Crippen LogP contribution >= 0.6 is 23.2 Å². The molecule has 124 valence electrons. The maximum absolute atomic E-state index is 13.5. The zero-order valence-corrected chi connectivity index (χ0v) is 14.1. The Morgan fingerprint density at radius 2 is 1.79 bits per heavy atom. The van der Waals surface area contributed by atoms with Gasteiger partial charge in [0.2, 0.25) is 11.8 Å². The lowest BCUT2D eigenvalue weighted by atomic mass is 10.2. The standard InChI is InChI=1S/C17H13Cl2FN2O2/c1-10(23)21-16-9-12(4-6-15(16)20)22-17(24)7-3-11-2-5-13(18)14(19)8-11/h2-9H,1H3,(H,21,23)(H,22,24)/b7-3+. The Bertz CT molecular complexity index is 822. The van der Waals surface area contributed by atoms with Gasteiger partial charge < -0.3 is 10.6 Å². The van der Waals surface area contributed by atoms with Crippen LogP contribution in [-0.4, -0.2) is 11.8 Å². The Kier molecular flexibility index (Phi) is 5.95. The summed E-state index contributed by atoms with van der Waals surface area (Å²) >= 11 is 11.7. The molecule has 0 aliphatic rings. The van der Waals surface area contributed by atoms with Gasteiger partial charge in [-0.15, -0.1) is 0 Å². The van der Waals surface area contributed by atoms with Crippen LogP contribution in [-0.2, 0) is 9.59 Å². The van der Waals surface area contributed by atoms with Gasteiger partial charge in [0.05, 0.1) is 15.7 Å². The fourth-order valence-corrected chi connectivity index (χ4v) is 2.17. The molecule has 0 unspecified atom stereocenters. The van der Waals surface area contributed by atoms with E-state index in [1.807, 2.05) is 0 Å². The van der Waals surface area contributed by atoms with Crippen LogP contribution in [0.15, 0.2) is 42.5 Å². The molecule has 0 heterocycles. The smallest absolute Gasteiger partial charge is 0.248 e. The highest BCUT2D eigenvalue weighted by atomic mass is 35.5. The second-order valence-electron chi connectivity index (χ2n) is 4.87. The maximum Gasteiger partial charge on any atom is 0.248 e. The summed E-state index contributed by atoms with van der Waals surface area (Å²) in [6, 6.07) is 8.85. The van der Waals surface area contributed by atoms with E-state index in [0.29, 0.717) is 21.3 Å². The number of halogens is 3. The van der Waals surface area contributed by atoms with Crippen LogP contribution < -0.4 is 10.6 Å². The van der Waals surface area contributed by atoms with Gasteiger partial charge in [0.15, 0.2) is 0 Å². The third-order valence-electron chi connectivity index (χ3n) is 2.92. The number of hydrogen-bond acceptors (Lipinski definition) is 2. The second kappa shape index (κ2) is 7.95. The van der Waals surface area contributed by atoms with Gasteiger partial charge in [-0.2, -0.15) is 0 Å². The van der Waals surface area contributed by atoms with E-state index in [0.717, 1.165) is 6.07 Å². The van der Waals surface area contributed by atoms with Crippen molar-refractivity contribution in [2.45, 2.75) is 6.92 Å². The summed E-state index contributed by atoms with van der Waals surface area (Å²) in [6.07, 6.45) is 2.87. The predicted molar refractivity (Wildman–Crippen MR) is 94.8 cm³/mol. The molecule has 0 bridgehead atoms. The molecular formula is C17H13Cl2FN2O2. The van der Waals surface area contributed by atoms with Crippen LogP contribution in [0.1, 0.15) is 12.5 Å². The first-order valence-corrected chi connectivity index (χ1v) is 7.62. The van der Waals surface area contributed by atoms with E-state index < -0.39 is 17.6 Å². The van der Waals surface area contributed by atoms with Crippen molar-refractivity contribution < 1.29 is 14.0 Å². The molecule has 0 aromatic heterocycles. The van der Waals surface area contributed by atoms with E-state index >= 15 is 0 Å². The number of amides is 2. The summed E-state index contributed by atoms with van der Waals surface area (Å²) in [5.41, 5.74) is 1.05. The summed E-state index contributed by atoms with van der Waals surface area (Å²) in [6.45, 7) is 1.27. The van der Waals surface area contributed by atoms with Crippen molar-refractivity contribution in [1.29, 1.82) is 0 Å². The van der Waals surface area contributed by atoms with Crippen molar-refractivity contribution in [1.82, 2.24) is 0 Å². The summed E-state index contributed by atoms with van der Waals surface area (Å²) in [4.78, 5) is 22.9. The number of benzene rings is 2. The third-order valence-corrected chi connectivity index (χ3v) is 3.65. The minimum atomic E-state index is -0.588. The van der Waals surface area contributed by atoms with Crippen molar-refractivity contribution in [3.63, 3.8) is 0 Å². The summed E-state index contributed by atoms with van der Waals surface area (Å²) in [5, 5.41) is 5.73. The normalized spacial score (nSPS) is 10.7. The summed E-state index contributed by atoms with van der Waals surface area (Å²) in [5.74, 6) is -1.41. The molecule has 2 N–H and O–H groups in total. The first-order valence-electron chi connectivity index (χ1n) is 6.86. The summed E-state index contributed by atoms with van der Waals surface area (Å²) < 4.78 is 13.5. The zero-order valence-electron chi connectivity index (χ0n) is 12.6. The van der Waals surface area contributed by atoms with Gasteiger partial charge in [-0.3, -0.25) is 9.59 Å². The molecule has 4 nitrogen and oxygen atoms in total. The lowest BCUT2D eigenvalue weighted by molar-refractivity contribution is -0.114. The van der Waals surface area contributed by atoms with E-state index in [-0.39, 0.29) is 5.69 Å². The van der Waals surface area contributed by atoms with Gasteiger partial charge in [-0.05, 0) is 42.0 Å². The largest absolute Gasteiger partial charge is 0.324 e. The Balaban J connectivity index is 2.07. The molecule has 2 rings (SSSR count). The van der Waals surface area contributed by atoms with Crippen molar-refractivity contribution in [3.8, 4) is 0 Å². The van der Waals surface area contributed by atoms with Crippen LogP contribution in [0.5, 0.6) is 0 Å². The number of carbonyl (C=O) groups is 2. The van der Waals surface area contributed by atoms with E-state index in [4.69, 9.17) is 23.2 Å². The minimum Gasteiger partial charge on any atom is -0.324 e. The number of anilines is 2. The van der Waals surface area contributed by atoms with E-state index in [9.17, 15) is 14.0 Å². The number of hydrogen-bond donors (Lipinski definition) is 2. The van der Waals surface area contributed by atoms with Gasteiger partial charge in [0, 0.05) is 18.7 Å². The summed E-state index contributed by atoms with van der Waals surface area (Å²) in [7, 11) is 0. The Morgan fingerprint density at radius 1 is 1.04 bits per heavy atom. The predicted octanol–water partition coefficient (Wildman–Crippen LogP) is 4.74. The minimum absolute atomic E-state index is 0.00578. The lowest BCUT2D eigenvalue weighted by Crippen LogP contribution is -2.10. The molecule has 0 saturated heterocycles. The third kappa shape index (κ3) is 5.08. The zero-order chi connectivity index (χ0) is 17.7. The van der Waals surface area contributed by atoms with E-state index in [1.165, 1.54) is 25.1 Å². The van der Waals surface area contributed by atoms with Crippen molar-refractivity contribution in [2.75, 3.05) is 10.6 Å². The fraction of sp³-hybridized carbons (Fsp3) is 0.0588. The maximum atomic E-state index is 13.5. The molecule has 0 aliphatic heterocycles. The monoisotopic (exact) mass is 366 g/mol. The lowest BCUT2D eigenvalue weighted by Gasteiger charge is -2.07. The quantitative estimate of drug-likeness (QED) is 0.767. The van der Waals surface area contributed by atoms with Gasteiger partial charge in [-0.25, -0.2) is 4.39 Å². The van der Waals surface area contributed by atoms with Crippen molar-refractivity contribution in [2.24, 2.45) is 0 Å². The topological polar surface area (TPSA) is 58.2 Å². The van der Waals surface area contributed by atoms with Crippen molar-refractivity contribution in [3.05, 3.63) is 63.9 Å². The van der Waals surface area contributed by atoms with Gasteiger partial charge >= 0.3 is 0 Å². The molecule has 0 radical (unpaired) electrons. The number of carbonyl (C=O) groups excluding carboxylic acids is 2. The van der Waals surface area contributed by atoms with Crippen LogP contribution in [0.25, 0.3) is 6.08 Å². The SMILES string of the molecule is CC(=O)Nc1cc(NC(=O)/C=C/c2ccc(Cl)c(Cl)c2)ccc1F. The van der Waals surface area contributed by atoms with Crippen LogP contribution in [0.3, 0.4) is 0 Å². The molecular weight excluding hydrogens is 354 g/mol. The van der Waals surface area contributed by atoms with Gasteiger partial charge in [-0.1, -0.05) is 29.3 Å². The van der Waals surface area contributed by atoms with Crippen LogP contribution in [0, 0.1) is 5.82 Å². The van der Waals surface area contributed by atoms with E-state index in [1.54, 1.807) is 24.3 Å². The Labute approximate surface area is 148 Å². The highest BCUT2D eigenvalue weighted by Crippen LogP contribution is 2.23. The molecule has 24 heavy (non-hydrogen) atoms. The average Bonchev–Trinajstić information content (AvgIpc) is 2.51. The van der Waals surface area contributed by atoms with Crippen molar-refractivity contribution >= 4 is 52.5 Å². The van der Waals surface area contributed by atoms with Gasteiger partial charge in [0.25, 0.3) is 0 Å². The first kappa shape index (κ1) is 18.0. The highest BCUT2D eigenvalue weighted by Gasteiger charge is 2.06. The van der Waals surface area contributed by atoms with Crippen LogP contribution in [0.4, 0.5) is 15.8 Å². The molecule has 0 aliphatic carbocycles. The van der Waals surface area contributed by atoms with E-state index in [2.05, 4.69) is 10.6 Å². The Morgan fingerprint density at radius 3 is 2.46 bits per heavy atom. The molecule has 0 fully saturated rings. The molecule has 2 aromatic rings. The fourth-order valence-electron chi connectivity index (χ4n) is 1.86. The molecule has 7 heteroatoms. The van der Waals surface area contributed by atoms with Crippen LogP contribution in [0.2, 0.25) is 10.0 Å². The molecule has 0 saturated carbocycles. The molecule has 0 atom stereocenters. The first-order chi connectivity index (χ1) is 11.3. The molecule has 2 aromatic carbocycles. The molecule has 0 spiro atoms. The highest BCUT2D eigenvalue weighted by molar-refractivity contribution is 6.42. The van der Waals surface area contributed by atoms with Gasteiger partial charge in [0.1, 0.15) is 5.82 Å². The second-order valence-corrected chi connectivity index (χ2v) is 5.69.